The van der Waals surface area contributed by atoms with Crippen LogP contribution in [0, 0.1) is 0 Å². The molecule has 1 aliphatic heterocycles. The minimum absolute atomic E-state index is 0.0522. The van der Waals surface area contributed by atoms with Gasteiger partial charge < -0.3 is 15.2 Å². The molecule has 1 unspecified atom stereocenters. The Labute approximate surface area is 130 Å². The summed E-state index contributed by atoms with van der Waals surface area (Å²) in [5, 5.41) is 12.0. The summed E-state index contributed by atoms with van der Waals surface area (Å²) in [6, 6.07) is 9.68. The molecule has 0 radical (unpaired) electrons. The van der Waals surface area contributed by atoms with Gasteiger partial charge in [-0.2, -0.15) is 0 Å². The Morgan fingerprint density at radius 2 is 2.09 bits per heavy atom. The van der Waals surface area contributed by atoms with Crippen molar-refractivity contribution in [3.05, 3.63) is 35.9 Å². The number of piperidine rings is 1. The van der Waals surface area contributed by atoms with Crippen LogP contribution in [0.2, 0.25) is 0 Å². The van der Waals surface area contributed by atoms with Crippen molar-refractivity contribution in [1.82, 2.24) is 10.2 Å². The molecule has 0 bridgehead atoms. The van der Waals surface area contributed by atoms with Gasteiger partial charge in [0, 0.05) is 12.6 Å². The van der Waals surface area contributed by atoms with Gasteiger partial charge in [-0.25, -0.2) is 0 Å². The Morgan fingerprint density at radius 3 is 2.82 bits per heavy atom. The highest BCUT2D eigenvalue weighted by molar-refractivity contribution is 5.71. The number of nitrogens with one attached hydrogen (secondary N) is 1. The smallest absolute Gasteiger partial charge is 0.320 e. The number of benzene rings is 1. The van der Waals surface area contributed by atoms with E-state index in [9.17, 15) is 9.59 Å². The van der Waals surface area contributed by atoms with Gasteiger partial charge in [-0.3, -0.25) is 14.5 Å². The maximum absolute atomic E-state index is 11.7. The molecule has 120 valence electrons. The summed E-state index contributed by atoms with van der Waals surface area (Å²) in [5.74, 6) is -1.11. The highest BCUT2D eigenvalue weighted by Crippen LogP contribution is 2.09. The number of carbonyl (C=O) groups is 2. The molecule has 1 aliphatic rings. The molecule has 2 rings (SSSR count). The van der Waals surface area contributed by atoms with E-state index >= 15 is 0 Å². The van der Waals surface area contributed by atoms with Crippen molar-refractivity contribution in [3.8, 4) is 0 Å². The van der Waals surface area contributed by atoms with Crippen molar-refractivity contribution in [2.75, 3.05) is 26.2 Å². The fourth-order valence-corrected chi connectivity index (χ4v) is 2.57. The summed E-state index contributed by atoms with van der Waals surface area (Å²) in [7, 11) is 0. The lowest BCUT2D eigenvalue weighted by Crippen LogP contribution is -2.48. The molecule has 22 heavy (non-hydrogen) atoms. The number of carbonyl (C=O) groups excluding carboxylic acids is 1. The number of nitrogens with zero attached hydrogens (tertiary/aromatic N) is 1. The fraction of sp³-hybridized carbons (Fsp3) is 0.500. The SMILES string of the molecule is O=C(O)CN1CCCC(NCC(=O)OCc2ccccc2)C1. The second-order valence-corrected chi connectivity index (χ2v) is 5.50. The number of aliphatic carboxylic acids is 1. The largest absolute Gasteiger partial charge is 0.480 e. The van der Waals surface area contributed by atoms with Gasteiger partial charge in [0.15, 0.2) is 0 Å². The van der Waals surface area contributed by atoms with Crippen molar-refractivity contribution in [2.24, 2.45) is 0 Å². The maximum Gasteiger partial charge on any atom is 0.320 e. The minimum atomic E-state index is -0.817. The first-order valence-electron chi connectivity index (χ1n) is 7.50. The molecule has 0 amide bonds. The molecule has 1 atom stereocenters. The Bertz CT molecular complexity index is 492. The lowest BCUT2D eigenvalue weighted by Gasteiger charge is -2.31. The first-order chi connectivity index (χ1) is 10.6. The van der Waals surface area contributed by atoms with Gasteiger partial charge in [-0.15, -0.1) is 0 Å². The summed E-state index contributed by atoms with van der Waals surface area (Å²) >= 11 is 0. The molecule has 0 aromatic heterocycles. The van der Waals surface area contributed by atoms with Gasteiger partial charge in [0.1, 0.15) is 6.61 Å². The van der Waals surface area contributed by atoms with Gasteiger partial charge in [0.2, 0.25) is 0 Å². The molecule has 0 spiro atoms. The lowest BCUT2D eigenvalue weighted by atomic mass is 10.1. The van der Waals surface area contributed by atoms with E-state index in [1.807, 2.05) is 35.2 Å². The van der Waals surface area contributed by atoms with E-state index < -0.39 is 5.97 Å². The number of carboxylic acids is 1. The van der Waals surface area contributed by atoms with Crippen molar-refractivity contribution in [2.45, 2.75) is 25.5 Å². The standard InChI is InChI=1S/C16H22N2O4/c19-15(20)11-18-8-4-7-14(10-18)17-9-16(21)22-12-13-5-2-1-3-6-13/h1-3,5-6,14,17H,4,7-12H2,(H,19,20). The average molecular weight is 306 g/mol. The van der Waals surface area contributed by atoms with Crippen LogP contribution in [-0.4, -0.2) is 54.2 Å². The van der Waals surface area contributed by atoms with Gasteiger partial charge in [0.25, 0.3) is 0 Å². The monoisotopic (exact) mass is 306 g/mol. The molecule has 1 heterocycles. The molecular weight excluding hydrogens is 284 g/mol. The average Bonchev–Trinajstić information content (AvgIpc) is 2.52. The molecule has 1 saturated heterocycles. The fourth-order valence-electron chi connectivity index (χ4n) is 2.57. The summed E-state index contributed by atoms with van der Waals surface area (Å²) in [5.41, 5.74) is 0.959. The summed E-state index contributed by atoms with van der Waals surface area (Å²) in [4.78, 5) is 24.3. The summed E-state index contributed by atoms with van der Waals surface area (Å²) < 4.78 is 5.20. The van der Waals surface area contributed by atoms with Crippen molar-refractivity contribution in [3.63, 3.8) is 0 Å². The predicted octanol–water partition coefficient (Wildman–Crippen LogP) is 0.868. The Balaban J connectivity index is 1.66. The molecule has 6 nitrogen and oxygen atoms in total. The highest BCUT2D eigenvalue weighted by atomic mass is 16.5. The molecule has 0 aliphatic carbocycles. The van der Waals surface area contributed by atoms with E-state index in [-0.39, 0.29) is 31.7 Å². The van der Waals surface area contributed by atoms with Crippen molar-refractivity contribution < 1.29 is 19.4 Å². The van der Waals surface area contributed by atoms with E-state index in [4.69, 9.17) is 9.84 Å². The van der Waals surface area contributed by atoms with Gasteiger partial charge in [-0.1, -0.05) is 30.3 Å². The Kier molecular flexibility index (Phi) is 6.36. The maximum atomic E-state index is 11.7. The van der Waals surface area contributed by atoms with Crippen LogP contribution in [0.15, 0.2) is 30.3 Å². The number of hydrogen-bond acceptors (Lipinski definition) is 5. The molecule has 2 N–H and O–H groups in total. The first kappa shape index (κ1) is 16.5. The lowest BCUT2D eigenvalue weighted by molar-refractivity contribution is -0.144. The molecule has 6 heteroatoms. The van der Waals surface area contributed by atoms with Crippen LogP contribution in [0.1, 0.15) is 18.4 Å². The van der Waals surface area contributed by atoms with E-state index in [1.54, 1.807) is 0 Å². The number of likely N-dealkylation sites (tertiary alicyclic amines) is 1. The molecule has 1 aromatic rings. The molecular formula is C16H22N2O4. The summed E-state index contributed by atoms with van der Waals surface area (Å²) in [6.45, 7) is 1.92. The Hall–Kier alpha value is -1.92. The van der Waals surface area contributed by atoms with Gasteiger partial charge in [-0.05, 0) is 24.9 Å². The molecule has 1 aromatic carbocycles. The van der Waals surface area contributed by atoms with Gasteiger partial charge in [0.05, 0.1) is 13.1 Å². The zero-order valence-corrected chi connectivity index (χ0v) is 12.5. The first-order valence-corrected chi connectivity index (χ1v) is 7.50. The normalized spacial score (nSPS) is 18.8. The van der Waals surface area contributed by atoms with Gasteiger partial charge >= 0.3 is 11.9 Å². The Morgan fingerprint density at radius 1 is 1.32 bits per heavy atom. The number of ether oxygens (including phenoxy) is 1. The second-order valence-electron chi connectivity index (χ2n) is 5.50. The van der Waals surface area contributed by atoms with E-state index in [2.05, 4.69) is 5.32 Å². The topological polar surface area (TPSA) is 78.9 Å². The van der Waals surface area contributed by atoms with Crippen LogP contribution in [0.4, 0.5) is 0 Å². The van der Waals surface area contributed by atoms with Crippen molar-refractivity contribution in [1.29, 1.82) is 0 Å². The highest BCUT2D eigenvalue weighted by Gasteiger charge is 2.21. The minimum Gasteiger partial charge on any atom is -0.480 e. The van der Waals surface area contributed by atoms with Crippen LogP contribution in [0.25, 0.3) is 0 Å². The third-order valence-electron chi connectivity index (χ3n) is 3.64. The quantitative estimate of drug-likeness (QED) is 0.728. The van der Waals surface area contributed by atoms with Crippen molar-refractivity contribution >= 4 is 11.9 Å². The summed E-state index contributed by atoms with van der Waals surface area (Å²) in [6.07, 6.45) is 1.88. The van der Waals surface area contributed by atoms with Crippen LogP contribution in [0.3, 0.4) is 0 Å². The van der Waals surface area contributed by atoms with Crippen LogP contribution < -0.4 is 5.32 Å². The van der Waals surface area contributed by atoms with Crippen LogP contribution in [-0.2, 0) is 20.9 Å². The zero-order chi connectivity index (χ0) is 15.8. The van der Waals surface area contributed by atoms with E-state index in [0.29, 0.717) is 6.54 Å². The number of esters is 1. The second kappa shape index (κ2) is 8.51. The van der Waals surface area contributed by atoms with E-state index in [0.717, 1.165) is 24.9 Å². The predicted molar refractivity (Wildman–Crippen MR) is 81.3 cm³/mol. The van der Waals surface area contributed by atoms with Crippen LogP contribution >= 0.6 is 0 Å². The molecule has 1 fully saturated rings. The zero-order valence-electron chi connectivity index (χ0n) is 12.5. The molecule has 0 saturated carbocycles. The van der Waals surface area contributed by atoms with E-state index in [1.165, 1.54) is 0 Å². The number of rotatable bonds is 7. The van der Waals surface area contributed by atoms with Crippen LogP contribution in [0.5, 0.6) is 0 Å². The third-order valence-corrected chi connectivity index (χ3v) is 3.64. The third kappa shape index (κ3) is 5.83. The number of hydrogen-bond donors (Lipinski definition) is 2. The number of carboxylic acid groups (broad SMARTS) is 1.